The zero-order chi connectivity index (χ0) is 26.0. The fourth-order valence-electron chi connectivity index (χ4n) is 4.12. The van der Waals surface area contributed by atoms with Gasteiger partial charge in [0.25, 0.3) is 5.91 Å². The van der Waals surface area contributed by atoms with Gasteiger partial charge < -0.3 is 19.4 Å². The standard InChI is InChI=1S/C26H29F3N2O4/c1-25(2,14-26(27,28)29)15-30-23(32)17-8-9-21-20(11-17)19(13-31(21)3)10-16-6-7-18(24(33)35-5)12-22(16)34-4/h6-9,11-13H,10,14-15H2,1-5H3,(H,30,32). The number of rotatable bonds is 8. The first-order valence-corrected chi connectivity index (χ1v) is 11.0. The zero-order valence-electron chi connectivity index (χ0n) is 20.4. The Bertz CT molecular complexity index is 1250. The smallest absolute Gasteiger partial charge is 0.389 e. The summed E-state index contributed by atoms with van der Waals surface area (Å²) in [5.41, 5.74) is 2.29. The van der Waals surface area contributed by atoms with E-state index in [4.69, 9.17) is 9.47 Å². The predicted molar refractivity (Wildman–Crippen MR) is 127 cm³/mol. The average molecular weight is 491 g/mol. The molecule has 0 saturated carbocycles. The van der Waals surface area contributed by atoms with Crippen LogP contribution in [-0.4, -0.2) is 43.4 Å². The second-order valence-corrected chi connectivity index (χ2v) is 9.33. The molecule has 188 valence electrons. The number of aromatic nitrogens is 1. The third-order valence-corrected chi connectivity index (χ3v) is 5.83. The van der Waals surface area contributed by atoms with Crippen LogP contribution in [0.15, 0.2) is 42.6 Å². The van der Waals surface area contributed by atoms with E-state index in [1.165, 1.54) is 28.1 Å². The maximum atomic E-state index is 12.8. The van der Waals surface area contributed by atoms with Gasteiger partial charge in [-0.25, -0.2) is 4.79 Å². The lowest BCUT2D eigenvalue weighted by Gasteiger charge is -2.26. The van der Waals surface area contributed by atoms with Crippen molar-refractivity contribution in [3.63, 3.8) is 0 Å². The number of aryl methyl sites for hydroxylation is 1. The van der Waals surface area contributed by atoms with Crippen molar-refractivity contribution in [3.05, 3.63) is 64.8 Å². The molecule has 2 aromatic carbocycles. The van der Waals surface area contributed by atoms with E-state index in [0.717, 1.165) is 22.0 Å². The number of hydrogen-bond donors (Lipinski definition) is 1. The van der Waals surface area contributed by atoms with Crippen LogP contribution in [0.3, 0.4) is 0 Å². The minimum Gasteiger partial charge on any atom is -0.496 e. The van der Waals surface area contributed by atoms with Gasteiger partial charge in [0, 0.05) is 42.7 Å². The summed E-state index contributed by atoms with van der Waals surface area (Å²) in [5.74, 6) is -0.364. The molecule has 0 radical (unpaired) electrons. The first-order valence-electron chi connectivity index (χ1n) is 11.0. The lowest BCUT2D eigenvalue weighted by atomic mass is 9.89. The minimum atomic E-state index is -4.30. The molecule has 0 spiro atoms. The molecule has 0 bridgehead atoms. The van der Waals surface area contributed by atoms with E-state index in [0.29, 0.717) is 23.3 Å². The van der Waals surface area contributed by atoms with Gasteiger partial charge in [0.05, 0.1) is 26.2 Å². The number of alkyl halides is 3. The Balaban J connectivity index is 1.86. The van der Waals surface area contributed by atoms with Gasteiger partial charge in [0.1, 0.15) is 5.75 Å². The Labute approximate surface area is 202 Å². The number of carbonyl (C=O) groups is 2. The van der Waals surface area contributed by atoms with Crippen molar-refractivity contribution in [2.45, 2.75) is 32.9 Å². The number of ether oxygens (including phenoxy) is 2. The van der Waals surface area contributed by atoms with Gasteiger partial charge in [-0.1, -0.05) is 19.9 Å². The maximum Gasteiger partial charge on any atom is 0.389 e. The van der Waals surface area contributed by atoms with Crippen LogP contribution in [0.25, 0.3) is 10.9 Å². The third-order valence-electron chi connectivity index (χ3n) is 5.83. The average Bonchev–Trinajstić information content (AvgIpc) is 3.10. The summed E-state index contributed by atoms with van der Waals surface area (Å²) in [6.45, 7) is 2.84. The van der Waals surface area contributed by atoms with Crippen LogP contribution in [-0.2, 0) is 18.2 Å². The summed E-state index contributed by atoms with van der Waals surface area (Å²) in [7, 11) is 4.72. The molecular weight excluding hydrogens is 461 g/mol. The second kappa shape index (κ2) is 10.0. The minimum absolute atomic E-state index is 0.102. The molecule has 1 N–H and O–H groups in total. The number of amides is 1. The van der Waals surface area contributed by atoms with Crippen LogP contribution in [0.2, 0.25) is 0 Å². The molecule has 0 aliphatic heterocycles. The van der Waals surface area contributed by atoms with Gasteiger partial charge in [-0.15, -0.1) is 0 Å². The SMILES string of the molecule is COC(=O)c1ccc(Cc2cn(C)c3ccc(C(=O)NCC(C)(C)CC(F)(F)F)cc23)c(OC)c1. The van der Waals surface area contributed by atoms with Gasteiger partial charge in [-0.05, 0) is 46.9 Å². The topological polar surface area (TPSA) is 69.6 Å². The third kappa shape index (κ3) is 6.35. The number of hydrogen-bond acceptors (Lipinski definition) is 4. The molecule has 0 unspecified atom stereocenters. The second-order valence-electron chi connectivity index (χ2n) is 9.33. The number of nitrogens with one attached hydrogen (secondary N) is 1. The fraction of sp³-hybridized carbons (Fsp3) is 0.385. The Kier molecular flexibility index (Phi) is 7.47. The highest BCUT2D eigenvalue weighted by molar-refractivity contribution is 5.99. The maximum absolute atomic E-state index is 12.8. The highest BCUT2D eigenvalue weighted by Gasteiger charge is 2.36. The van der Waals surface area contributed by atoms with Crippen molar-refractivity contribution in [2.75, 3.05) is 20.8 Å². The fourth-order valence-corrected chi connectivity index (χ4v) is 4.12. The lowest BCUT2D eigenvalue weighted by Crippen LogP contribution is -2.36. The van der Waals surface area contributed by atoms with Crippen molar-refractivity contribution in [2.24, 2.45) is 12.5 Å². The van der Waals surface area contributed by atoms with Crippen LogP contribution in [0, 0.1) is 5.41 Å². The molecule has 6 nitrogen and oxygen atoms in total. The molecule has 1 amide bonds. The quantitative estimate of drug-likeness (QED) is 0.437. The van der Waals surface area contributed by atoms with Crippen LogP contribution in [0.1, 0.15) is 52.1 Å². The lowest BCUT2D eigenvalue weighted by molar-refractivity contribution is -0.153. The zero-order valence-corrected chi connectivity index (χ0v) is 20.4. The molecule has 0 fully saturated rings. The van der Waals surface area contributed by atoms with Crippen LogP contribution in [0.5, 0.6) is 5.75 Å². The summed E-state index contributed by atoms with van der Waals surface area (Å²) in [4.78, 5) is 24.6. The number of nitrogens with zero attached hydrogens (tertiary/aromatic N) is 1. The summed E-state index contributed by atoms with van der Waals surface area (Å²) in [6.07, 6.45) is -2.86. The number of fused-ring (bicyclic) bond motifs is 1. The van der Waals surface area contributed by atoms with Crippen molar-refractivity contribution in [1.29, 1.82) is 0 Å². The molecule has 1 heterocycles. The monoisotopic (exact) mass is 490 g/mol. The van der Waals surface area contributed by atoms with E-state index in [2.05, 4.69) is 5.32 Å². The number of halogens is 3. The molecule has 0 aliphatic carbocycles. The number of methoxy groups -OCH3 is 2. The van der Waals surface area contributed by atoms with E-state index in [-0.39, 0.29) is 6.54 Å². The number of esters is 1. The molecule has 1 aromatic heterocycles. The first-order chi connectivity index (χ1) is 16.3. The van der Waals surface area contributed by atoms with Crippen molar-refractivity contribution in [1.82, 2.24) is 9.88 Å². The summed E-state index contributed by atoms with van der Waals surface area (Å²) >= 11 is 0. The Morgan fingerprint density at radius 1 is 1.00 bits per heavy atom. The molecule has 0 saturated heterocycles. The molecule has 3 rings (SSSR count). The number of carbonyl (C=O) groups excluding carboxylic acids is 2. The largest absolute Gasteiger partial charge is 0.496 e. The van der Waals surface area contributed by atoms with E-state index >= 15 is 0 Å². The summed E-state index contributed by atoms with van der Waals surface area (Å²) in [5, 5.41) is 3.48. The van der Waals surface area contributed by atoms with E-state index in [9.17, 15) is 22.8 Å². The van der Waals surface area contributed by atoms with Crippen molar-refractivity contribution in [3.8, 4) is 5.75 Å². The Morgan fingerprint density at radius 3 is 2.31 bits per heavy atom. The van der Waals surface area contributed by atoms with E-state index in [1.54, 1.807) is 30.3 Å². The van der Waals surface area contributed by atoms with Gasteiger partial charge in [0.15, 0.2) is 0 Å². The Morgan fingerprint density at radius 2 is 1.69 bits per heavy atom. The molecule has 0 aliphatic rings. The number of benzene rings is 2. The van der Waals surface area contributed by atoms with Crippen molar-refractivity contribution >= 4 is 22.8 Å². The Hall–Kier alpha value is -3.49. The van der Waals surface area contributed by atoms with Gasteiger partial charge in [-0.3, -0.25) is 4.79 Å². The molecule has 0 atom stereocenters. The molecule has 35 heavy (non-hydrogen) atoms. The molecule has 3 aromatic rings. The van der Waals surface area contributed by atoms with Gasteiger partial charge >= 0.3 is 12.1 Å². The highest BCUT2D eigenvalue weighted by Crippen LogP contribution is 2.33. The van der Waals surface area contributed by atoms with Gasteiger partial charge in [-0.2, -0.15) is 13.2 Å². The van der Waals surface area contributed by atoms with E-state index in [1.807, 2.05) is 23.9 Å². The van der Waals surface area contributed by atoms with Crippen LogP contribution >= 0.6 is 0 Å². The summed E-state index contributed by atoms with van der Waals surface area (Å²) < 4.78 is 50.5. The molecule has 9 heteroatoms. The van der Waals surface area contributed by atoms with Crippen molar-refractivity contribution < 1.29 is 32.2 Å². The van der Waals surface area contributed by atoms with Gasteiger partial charge in [0.2, 0.25) is 0 Å². The predicted octanol–water partition coefficient (Wildman–Crippen LogP) is 5.27. The first kappa shape index (κ1) is 26.1. The summed E-state index contributed by atoms with van der Waals surface area (Å²) in [6, 6.07) is 10.3. The van der Waals surface area contributed by atoms with E-state index < -0.39 is 29.9 Å². The van der Waals surface area contributed by atoms with Crippen LogP contribution < -0.4 is 10.1 Å². The highest BCUT2D eigenvalue weighted by atomic mass is 19.4. The van der Waals surface area contributed by atoms with Crippen LogP contribution in [0.4, 0.5) is 13.2 Å². The normalized spacial score (nSPS) is 12.0. The molecular formula is C26H29F3N2O4.